The van der Waals surface area contributed by atoms with Gasteiger partial charge in [0, 0.05) is 35.0 Å². The van der Waals surface area contributed by atoms with Crippen molar-refractivity contribution in [3.63, 3.8) is 0 Å². The maximum Gasteiger partial charge on any atom is 0.166 e. The summed E-state index contributed by atoms with van der Waals surface area (Å²) >= 11 is 3.55. The number of carbonyl (C=O) groups is 1. The van der Waals surface area contributed by atoms with E-state index >= 15 is 0 Å². The van der Waals surface area contributed by atoms with Crippen LogP contribution in [0.3, 0.4) is 0 Å². The number of piperidine rings is 1. The highest BCUT2D eigenvalue weighted by Gasteiger charge is 2.42. The Hall–Kier alpha value is -1.45. The third kappa shape index (κ3) is 2.42. The van der Waals surface area contributed by atoms with E-state index in [0.29, 0.717) is 11.7 Å². The number of halogens is 1. The number of fused-ring (bicyclic) bond motifs is 3. The molecule has 1 aliphatic heterocycles. The summed E-state index contributed by atoms with van der Waals surface area (Å²) in [5, 5.41) is 0. The van der Waals surface area contributed by atoms with Crippen LogP contribution in [0.15, 0.2) is 53.0 Å². The number of Topliss-reactive ketones (excluding diaryl/α,β-unsaturated/α-hetero) is 1. The van der Waals surface area contributed by atoms with E-state index in [4.69, 9.17) is 0 Å². The van der Waals surface area contributed by atoms with E-state index in [2.05, 4.69) is 57.2 Å². The highest BCUT2D eigenvalue weighted by atomic mass is 79.9. The second-order valence-corrected chi connectivity index (χ2v) is 7.23. The first kappa shape index (κ1) is 14.2. The number of hydrogen-bond acceptors (Lipinski definition) is 2. The summed E-state index contributed by atoms with van der Waals surface area (Å²) in [6.07, 6.45) is 0.975. The number of carbonyl (C=O) groups excluding carboxylic acids is 1. The Morgan fingerprint density at radius 2 is 1.91 bits per heavy atom. The highest BCUT2D eigenvalue weighted by Crippen LogP contribution is 2.43. The van der Waals surface area contributed by atoms with E-state index < -0.39 is 0 Å². The van der Waals surface area contributed by atoms with Gasteiger partial charge in [0.1, 0.15) is 0 Å². The fraction of sp³-hybridized carbons (Fsp3) is 0.316. The maximum atomic E-state index is 12.6. The maximum absolute atomic E-state index is 12.6. The molecule has 2 nitrogen and oxygen atoms in total. The van der Waals surface area contributed by atoms with E-state index in [1.807, 2.05) is 12.1 Å². The highest BCUT2D eigenvalue weighted by molar-refractivity contribution is 9.10. The Balaban J connectivity index is 1.58. The molecule has 1 heterocycles. The zero-order valence-electron chi connectivity index (χ0n) is 12.3. The molecular formula is C19H18BrNO. The average molecular weight is 356 g/mol. The van der Waals surface area contributed by atoms with E-state index in [0.717, 1.165) is 36.1 Å². The van der Waals surface area contributed by atoms with Crippen LogP contribution in [-0.4, -0.2) is 23.8 Å². The van der Waals surface area contributed by atoms with Crippen LogP contribution >= 0.6 is 15.9 Å². The van der Waals surface area contributed by atoms with Gasteiger partial charge < -0.3 is 0 Å². The van der Waals surface area contributed by atoms with Crippen molar-refractivity contribution >= 4 is 21.7 Å². The van der Waals surface area contributed by atoms with E-state index in [1.54, 1.807) is 0 Å². The van der Waals surface area contributed by atoms with Gasteiger partial charge in [0.2, 0.25) is 0 Å². The third-order valence-corrected chi connectivity index (χ3v) is 5.45. The molecule has 0 N–H and O–H groups in total. The molecule has 0 unspecified atom stereocenters. The van der Waals surface area contributed by atoms with Gasteiger partial charge in [0.25, 0.3) is 0 Å². The molecule has 0 aromatic heterocycles. The number of hydrogen-bond donors (Lipinski definition) is 0. The first-order valence-electron chi connectivity index (χ1n) is 7.82. The molecule has 0 amide bonds. The molecule has 2 aliphatic rings. The molecular weight excluding hydrogens is 338 g/mol. The SMILES string of the molecule is O=C1c2ccc(Br)cc2[C@@H]2CN(Cc3ccccc3)CC[C@H]12. The zero-order valence-corrected chi connectivity index (χ0v) is 13.9. The van der Waals surface area contributed by atoms with Crippen molar-refractivity contribution in [2.24, 2.45) is 5.92 Å². The van der Waals surface area contributed by atoms with Crippen LogP contribution in [0.25, 0.3) is 0 Å². The molecule has 0 spiro atoms. The first-order valence-corrected chi connectivity index (χ1v) is 8.61. The monoisotopic (exact) mass is 355 g/mol. The van der Waals surface area contributed by atoms with Crippen LogP contribution in [-0.2, 0) is 6.54 Å². The molecule has 1 aliphatic carbocycles. The Bertz CT molecular complexity index is 713. The minimum atomic E-state index is 0.191. The van der Waals surface area contributed by atoms with Gasteiger partial charge in [-0.05, 0) is 42.3 Å². The van der Waals surface area contributed by atoms with Crippen LogP contribution in [0.4, 0.5) is 0 Å². The second kappa shape index (κ2) is 5.64. The quantitative estimate of drug-likeness (QED) is 0.802. The van der Waals surface area contributed by atoms with Crippen molar-refractivity contribution in [2.75, 3.05) is 13.1 Å². The normalized spacial score (nSPS) is 24.1. The number of nitrogens with zero attached hydrogens (tertiary/aromatic N) is 1. The fourth-order valence-corrected chi connectivity index (χ4v) is 4.28. The summed E-state index contributed by atoms with van der Waals surface area (Å²) in [7, 11) is 0. The van der Waals surface area contributed by atoms with Crippen LogP contribution < -0.4 is 0 Å². The van der Waals surface area contributed by atoms with Crippen molar-refractivity contribution < 1.29 is 4.79 Å². The van der Waals surface area contributed by atoms with Crippen LogP contribution in [0, 0.1) is 5.92 Å². The molecule has 0 radical (unpaired) electrons. The van der Waals surface area contributed by atoms with Crippen molar-refractivity contribution in [3.8, 4) is 0 Å². The minimum absolute atomic E-state index is 0.191. The number of rotatable bonds is 2. The average Bonchev–Trinajstić information content (AvgIpc) is 2.81. The van der Waals surface area contributed by atoms with Gasteiger partial charge >= 0.3 is 0 Å². The summed E-state index contributed by atoms with van der Waals surface area (Å²) in [4.78, 5) is 15.1. The third-order valence-electron chi connectivity index (χ3n) is 4.96. The number of likely N-dealkylation sites (tertiary alicyclic amines) is 1. The molecule has 4 rings (SSSR count). The molecule has 2 atom stereocenters. The lowest BCUT2D eigenvalue weighted by molar-refractivity contribution is 0.0834. The summed E-state index contributed by atoms with van der Waals surface area (Å²) in [6.45, 7) is 2.97. The summed E-state index contributed by atoms with van der Waals surface area (Å²) < 4.78 is 1.07. The Morgan fingerprint density at radius 3 is 2.73 bits per heavy atom. The van der Waals surface area contributed by atoms with Crippen molar-refractivity contribution in [1.82, 2.24) is 4.90 Å². The van der Waals surface area contributed by atoms with Crippen LogP contribution in [0.5, 0.6) is 0 Å². The lowest BCUT2D eigenvalue weighted by Gasteiger charge is -2.34. The number of ketones is 1. The minimum Gasteiger partial charge on any atom is -0.298 e. The van der Waals surface area contributed by atoms with Gasteiger partial charge in [-0.2, -0.15) is 0 Å². The van der Waals surface area contributed by atoms with E-state index in [-0.39, 0.29) is 5.92 Å². The van der Waals surface area contributed by atoms with E-state index in [9.17, 15) is 4.79 Å². The van der Waals surface area contributed by atoms with Gasteiger partial charge in [0.05, 0.1) is 0 Å². The topological polar surface area (TPSA) is 20.3 Å². The fourth-order valence-electron chi connectivity index (χ4n) is 3.90. The molecule has 22 heavy (non-hydrogen) atoms. The molecule has 3 heteroatoms. The van der Waals surface area contributed by atoms with Gasteiger partial charge in [-0.15, -0.1) is 0 Å². The predicted octanol–water partition coefficient (Wildman–Crippen LogP) is 4.25. The molecule has 0 bridgehead atoms. The molecule has 2 aromatic carbocycles. The lowest BCUT2D eigenvalue weighted by Crippen LogP contribution is -2.38. The van der Waals surface area contributed by atoms with Gasteiger partial charge in [-0.1, -0.05) is 46.3 Å². The smallest absolute Gasteiger partial charge is 0.166 e. The standard InChI is InChI=1S/C19H18BrNO/c20-14-6-7-15-17(10-14)18-12-21(9-8-16(18)19(15)22)11-13-4-2-1-3-5-13/h1-7,10,16,18H,8-9,11-12H2/t16-,18+/m0/s1. The van der Waals surface area contributed by atoms with Gasteiger partial charge in [-0.25, -0.2) is 0 Å². The Morgan fingerprint density at radius 1 is 1.09 bits per heavy atom. The van der Waals surface area contributed by atoms with Crippen molar-refractivity contribution in [3.05, 3.63) is 69.7 Å². The van der Waals surface area contributed by atoms with Crippen molar-refractivity contribution in [2.45, 2.75) is 18.9 Å². The van der Waals surface area contributed by atoms with E-state index in [1.165, 1.54) is 11.1 Å². The lowest BCUT2D eigenvalue weighted by atomic mass is 9.85. The summed E-state index contributed by atoms with van der Waals surface area (Å²) in [5.74, 6) is 0.903. The van der Waals surface area contributed by atoms with Gasteiger partial charge in [0.15, 0.2) is 5.78 Å². The summed E-state index contributed by atoms with van der Waals surface area (Å²) in [6, 6.07) is 16.7. The van der Waals surface area contributed by atoms with Gasteiger partial charge in [-0.3, -0.25) is 9.69 Å². The number of benzene rings is 2. The Labute approximate surface area is 139 Å². The largest absolute Gasteiger partial charge is 0.298 e. The predicted molar refractivity (Wildman–Crippen MR) is 91.0 cm³/mol. The Kier molecular flexibility index (Phi) is 3.63. The molecule has 1 saturated heterocycles. The first-order chi connectivity index (χ1) is 10.7. The molecule has 2 aromatic rings. The van der Waals surface area contributed by atoms with Crippen LogP contribution in [0.1, 0.15) is 33.8 Å². The molecule has 1 fully saturated rings. The molecule has 0 saturated carbocycles. The zero-order chi connectivity index (χ0) is 15.1. The van der Waals surface area contributed by atoms with Crippen LogP contribution in [0.2, 0.25) is 0 Å². The molecule has 112 valence electrons. The van der Waals surface area contributed by atoms with Crippen molar-refractivity contribution in [1.29, 1.82) is 0 Å². The summed E-state index contributed by atoms with van der Waals surface area (Å²) in [5.41, 5.74) is 3.53. The second-order valence-electron chi connectivity index (χ2n) is 6.32.